The Morgan fingerprint density at radius 1 is 1.10 bits per heavy atom. The summed E-state index contributed by atoms with van der Waals surface area (Å²) in [7, 11) is 0. The molecule has 30 heavy (non-hydrogen) atoms. The number of alkyl halides is 3. The van der Waals surface area contributed by atoms with E-state index in [4.69, 9.17) is 0 Å². The Hall–Kier alpha value is -2.62. The van der Waals surface area contributed by atoms with E-state index >= 15 is 0 Å². The molecule has 3 aliphatic rings. The van der Waals surface area contributed by atoms with Crippen LogP contribution in [0, 0.1) is 5.82 Å². The predicted molar refractivity (Wildman–Crippen MR) is 102 cm³/mol. The van der Waals surface area contributed by atoms with Crippen molar-refractivity contribution >= 4 is 12.6 Å². The van der Waals surface area contributed by atoms with Crippen LogP contribution in [0.25, 0.3) is 0 Å². The van der Waals surface area contributed by atoms with Gasteiger partial charge in [-0.15, -0.1) is 5.10 Å². The molecule has 5 rings (SSSR count). The van der Waals surface area contributed by atoms with Crippen molar-refractivity contribution in [3.63, 3.8) is 0 Å². The quantitative estimate of drug-likeness (QED) is 0.713. The lowest BCUT2D eigenvalue weighted by molar-refractivity contribution is -0.137. The van der Waals surface area contributed by atoms with Gasteiger partial charge >= 0.3 is 6.18 Å². The topological polar surface area (TPSA) is 58.7 Å². The third kappa shape index (κ3) is 3.42. The van der Waals surface area contributed by atoms with Gasteiger partial charge in [0, 0.05) is 24.2 Å². The van der Waals surface area contributed by atoms with Gasteiger partial charge in [-0.05, 0) is 44.5 Å². The van der Waals surface area contributed by atoms with Crippen LogP contribution in [0.3, 0.4) is 0 Å². The number of aromatic nitrogens is 3. The Balaban J connectivity index is 1.25. The zero-order chi connectivity index (χ0) is 20.9. The van der Waals surface area contributed by atoms with Crippen molar-refractivity contribution in [2.24, 2.45) is 9.98 Å². The van der Waals surface area contributed by atoms with Crippen LogP contribution in [0.1, 0.15) is 53.6 Å². The molecule has 1 fully saturated rings. The average Bonchev–Trinajstić information content (AvgIpc) is 3.35. The van der Waals surface area contributed by atoms with Crippen molar-refractivity contribution in [3.05, 3.63) is 46.5 Å². The van der Waals surface area contributed by atoms with Gasteiger partial charge in [-0.1, -0.05) is 11.3 Å². The lowest BCUT2D eigenvalue weighted by Gasteiger charge is -2.32. The lowest BCUT2D eigenvalue weighted by Crippen LogP contribution is -2.33. The molecule has 0 N–H and O–H groups in total. The van der Waals surface area contributed by atoms with E-state index in [0.29, 0.717) is 12.6 Å². The summed E-state index contributed by atoms with van der Waals surface area (Å²) in [6.07, 6.45) is 1.46. The molecule has 0 spiro atoms. The molecule has 158 valence electrons. The predicted octanol–water partition coefficient (Wildman–Crippen LogP) is 3.59. The van der Waals surface area contributed by atoms with Gasteiger partial charge in [0.2, 0.25) is 0 Å². The van der Waals surface area contributed by atoms with Crippen molar-refractivity contribution in [1.82, 2.24) is 19.9 Å². The van der Waals surface area contributed by atoms with E-state index in [9.17, 15) is 17.6 Å². The second-order valence-corrected chi connectivity index (χ2v) is 8.01. The van der Waals surface area contributed by atoms with Crippen LogP contribution in [0.15, 0.2) is 28.2 Å². The highest BCUT2D eigenvalue weighted by atomic mass is 19.4. The molecule has 4 heterocycles. The SMILES string of the molecule is Fc1cc(C(F)(F)F)ccc1CN1CCC(c2nnn3c2C2CC=NC2N=C3)CC1. The fourth-order valence-corrected chi connectivity index (χ4v) is 4.54. The Kier molecular flexibility index (Phi) is 4.68. The molecule has 0 aliphatic carbocycles. The summed E-state index contributed by atoms with van der Waals surface area (Å²) in [5.74, 6) is -0.389. The Morgan fingerprint density at radius 2 is 1.90 bits per heavy atom. The zero-order valence-electron chi connectivity index (χ0n) is 16.1. The number of aliphatic imine (C=N–C) groups is 2. The van der Waals surface area contributed by atoms with E-state index in [1.165, 1.54) is 6.07 Å². The van der Waals surface area contributed by atoms with Gasteiger partial charge in [0.05, 0.1) is 22.9 Å². The second kappa shape index (κ2) is 7.26. The van der Waals surface area contributed by atoms with Crippen LogP contribution >= 0.6 is 0 Å². The molecule has 2 atom stereocenters. The Morgan fingerprint density at radius 3 is 2.63 bits per heavy atom. The van der Waals surface area contributed by atoms with Crippen LogP contribution in [0.5, 0.6) is 0 Å². The molecule has 2 aromatic rings. The number of nitrogens with zero attached hydrogens (tertiary/aromatic N) is 6. The molecule has 1 aromatic heterocycles. The second-order valence-electron chi connectivity index (χ2n) is 8.01. The summed E-state index contributed by atoms with van der Waals surface area (Å²) in [6, 6.07) is 2.75. The van der Waals surface area contributed by atoms with E-state index in [0.717, 1.165) is 49.8 Å². The summed E-state index contributed by atoms with van der Waals surface area (Å²) in [5.41, 5.74) is 1.39. The van der Waals surface area contributed by atoms with Crippen molar-refractivity contribution in [2.75, 3.05) is 13.1 Å². The third-order valence-electron chi connectivity index (χ3n) is 6.16. The monoisotopic (exact) mass is 420 g/mol. The van der Waals surface area contributed by atoms with E-state index in [1.54, 1.807) is 11.0 Å². The van der Waals surface area contributed by atoms with Gasteiger partial charge < -0.3 is 0 Å². The number of hydrogen-bond acceptors (Lipinski definition) is 5. The summed E-state index contributed by atoms with van der Waals surface area (Å²) >= 11 is 0. The first-order chi connectivity index (χ1) is 14.4. The molecule has 10 heteroatoms. The van der Waals surface area contributed by atoms with Crippen molar-refractivity contribution < 1.29 is 17.6 Å². The number of benzene rings is 1. The molecule has 6 nitrogen and oxygen atoms in total. The summed E-state index contributed by atoms with van der Waals surface area (Å²) in [5, 5.41) is 8.64. The number of rotatable bonds is 3. The van der Waals surface area contributed by atoms with Crippen molar-refractivity contribution in [2.45, 2.75) is 50.0 Å². The molecule has 0 radical (unpaired) electrons. The Bertz CT molecular complexity index is 1000. The first-order valence-corrected chi connectivity index (χ1v) is 9.98. The molecular formula is C20H20F4N6. The molecule has 0 saturated carbocycles. The molecule has 3 aliphatic heterocycles. The average molecular weight is 420 g/mol. The Labute approximate surface area is 170 Å². The van der Waals surface area contributed by atoms with Crippen LogP contribution in [0.2, 0.25) is 0 Å². The highest BCUT2D eigenvalue weighted by molar-refractivity contribution is 5.68. The van der Waals surface area contributed by atoms with Gasteiger partial charge in [-0.2, -0.15) is 13.2 Å². The van der Waals surface area contributed by atoms with Gasteiger partial charge in [-0.3, -0.25) is 9.89 Å². The normalized spacial score (nSPS) is 24.3. The highest BCUT2D eigenvalue weighted by Gasteiger charge is 2.37. The largest absolute Gasteiger partial charge is 0.416 e. The first-order valence-electron chi connectivity index (χ1n) is 9.98. The maximum Gasteiger partial charge on any atom is 0.416 e. The van der Waals surface area contributed by atoms with Gasteiger partial charge in [0.25, 0.3) is 0 Å². The van der Waals surface area contributed by atoms with Crippen LogP contribution in [-0.2, 0) is 12.7 Å². The van der Waals surface area contributed by atoms with Gasteiger partial charge in [0.1, 0.15) is 18.3 Å². The number of fused-ring (bicyclic) bond motifs is 3. The van der Waals surface area contributed by atoms with Crippen molar-refractivity contribution in [1.29, 1.82) is 0 Å². The maximum absolute atomic E-state index is 14.2. The van der Waals surface area contributed by atoms with Crippen molar-refractivity contribution in [3.8, 4) is 0 Å². The van der Waals surface area contributed by atoms with E-state index in [1.807, 2.05) is 6.21 Å². The van der Waals surface area contributed by atoms with Gasteiger partial charge in [0.15, 0.2) is 0 Å². The number of likely N-dealkylation sites (tertiary alicyclic amines) is 1. The minimum atomic E-state index is -4.54. The highest BCUT2D eigenvalue weighted by Crippen LogP contribution is 2.38. The standard InChI is InChI=1S/C20H20F4N6/c21-16-9-14(20(22,23)24)2-1-13(16)10-29-7-4-12(5-8-29)17-18-15-3-6-25-19(15)26-11-30(18)28-27-17/h1-2,6,9,11-12,15,19H,3-5,7-8,10H2. The molecule has 0 bridgehead atoms. The van der Waals surface area contributed by atoms with Crippen LogP contribution in [0.4, 0.5) is 17.6 Å². The molecule has 0 amide bonds. The van der Waals surface area contributed by atoms with Crippen LogP contribution < -0.4 is 0 Å². The summed E-state index contributed by atoms with van der Waals surface area (Å²) < 4.78 is 54.1. The first kappa shape index (κ1) is 19.3. The lowest BCUT2D eigenvalue weighted by atomic mass is 9.87. The number of hydrogen-bond donors (Lipinski definition) is 0. The smallest absolute Gasteiger partial charge is 0.299 e. The summed E-state index contributed by atoms with van der Waals surface area (Å²) in [6.45, 7) is 1.73. The fourth-order valence-electron chi connectivity index (χ4n) is 4.54. The maximum atomic E-state index is 14.2. The molecule has 2 unspecified atom stereocenters. The molecule has 1 aromatic carbocycles. The van der Waals surface area contributed by atoms with E-state index < -0.39 is 17.6 Å². The number of piperidine rings is 1. The fraction of sp³-hybridized carbons (Fsp3) is 0.500. The van der Waals surface area contributed by atoms with Gasteiger partial charge in [-0.25, -0.2) is 14.1 Å². The molecule has 1 saturated heterocycles. The number of halogens is 4. The third-order valence-corrected chi connectivity index (χ3v) is 6.16. The van der Waals surface area contributed by atoms with Crippen LogP contribution in [-0.4, -0.2) is 51.7 Å². The molecular weight excluding hydrogens is 400 g/mol. The minimum absolute atomic E-state index is 0.0857. The van der Waals surface area contributed by atoms with E-state index in [-0.39, 0.29) is 23.6 Å². The zero-order valence-corrected chi connectivity index (χ0v) is 16.1. The summed E-state index contributed by atoms with van der Waals surface area (Å²) in [4.78, 5) is 10.9. The minimum Gasteiger partial charge on any atom is -0.299 e. The van der Waals surface area contributed by atoms with E-state index in [2.05, 4.69) is 25.2 Å².